The van der Waals surface area contributed by atoms with Crippen molar-refractivity contribution < 1.29 is 4.74 Å². The number of hydrogen-bond donors (Lipinski definition) is 0. The zero-order chi connectivity index (χ0) is 16.3. The highest BCUT2D eigenvalue weighted by Crippen LogP contribution is 2.10. The number of methoxy groups -OCH3 is 1. The highest BCUT2D eigenvalue weighted by atomic mass is 16.5. The minimum Gasteiger partial charge on any atom is -0.497 e. The molecule has 0 saturated carbocycles. The molecule has 2 rings (SSSR count). The Kier molecular flexibility index (Phi) is 6.79. The van der Waals surface area contributed by atoms with Crippen molar-refractivity contribution in [1.29, 1.82) is 0 Å². The molecular formula is C20H22N2O. The monoisotopic (exact) mass is 306 g/mol. The summed E-state index contributed by atoms with van der Waals surface area (Å²) in [6.07, 6.45) is 9.90. The van der Waals surface area contributed by atoms with E-state index < -0.39 is 0 Å². The maximum atomic E-state index is 5.12. The number of nitrogens with zero attached hydrogens (tertiary/aromatic N) is 2. The van der Waals surface area contributed by atoms with Crippen LogP contribution in [0.4, 0.5) is 0 Å². The molecule has 0 aliphatic carbocycles. The summed E-state index contributed by atoms with van der Waals surface area (Å²) in [5.41, 5.74) is 3.37. The lowest BCUT2D eigenvalue weighted by Crippen LogP contribution is -1.86. The lowest BCUT2D eigenvalue weighted by molar-refractivity contribution is 0.415. The molecule has 0 amide bonds. The molecule has 118 valence electrons. The summed E-state index contributed by atoms with van der Waals surface area (Å²) in [6, 6.07) is 16.1. The van der Waals surface area contributed by atoms with Gasteiger partial charge in [-0.1, -0.05) is 36.4 Å². The predicted molar refractivity (Wildman–Crippen MR) is 97.8 cm³/mol. The first-order valence-corrected chi connectivity index (χ1v) is 7.72. The van der Waals surface area contributed by atoms with Crippen LogP contribution in [0.1, 0.15) is 30.0 Å². The largest absolute Gasteiger partial charge is 0.497 e. The third kappa shape index (κ3) is 5.91. The maximum Gasteiger partial charge on any atom is 0.118 e. The van der Waals surface area contributed by atoms with E-state index >= 15 is 0 Å². The standard InChI is InChI=1S/C20H22N2O/c1-3-4-5-6-17-7-9-18(10-8-17)15-21-22-16-19-11-13-20(23-2)14-12-19/h3-4,7-16H,5-6H2,1-2H3. The first-order chi connectivity index (χ1) is 11.3. The third-order valence-electron chi connectivity index (χ3n) is 3.41. The average Bonchev–Trinajstić information content (AvgIpc) is 2.61. The number of benzene rings is 2. The van der Waals surface area contributed by atoms with Gasteiger partial charge in [0, 0.05) is 0 Å². The second-order valence-corrected chi connectivity index (χ2v) is 5.11. The second-order valence-electron chi connectivity index (χ2n) is 5.11. The molecule has 23 heavy (non-hydrogen) atoms. The summed E-state index contributed by atoms with van der Waals surface area (Å²) in [7, 11) is 1.65. The Balaban J connectivity index is 1.87. The van der Waals surface area contributed by atoms with Crippen LogP contribution in [0, 0.1) is 0 Å². The number of rotatable bonds is 7. The van der Waals surface area contributed by atoms with E-state index in [1.54, 1.807) is 19.5 Å². The van der Waals surface area contributed by atoms with Crippen molar-refractivity contribution in [2.45, 2.75) is 19.8 Å². The van der Waals surface area contributed by atoms with Gasteiger partial charge in [0.2, 0.25) is 0 Å². The van der Waals surface area contributed by atoms with Crippen molar-refractivity contribution >= 4 is 12.4 Å². The molecule has 0 N–H and O–H groups in total. The normalized spacial score (nSPS) is 11.7. The summed E-state index contributed by atoms with van der Waals surface area (Å²) in [5, 5.41) is 8.16. The van der Waals surface area contributed by atoms with Crippen LogP contribution in [0.25, 0.3) is 0 Å². The van der Waals surface area contributed by atoms with Gasteiger partial charge in [0.15, 0.2) is 0 Å². The van der Waals surface area contributed by atoms with E-state index in [9.17, 15) is 0 Å². The molecule has 0 bridgehead atoms. The zero-order valence-electron chi connectivity index (χ0n) is 13.6. The SMILES string of the molecule is CC=CCCc1ccc(C=NN=Cc2ccc(OC)cc2)cc1. The highest BCUT2D eigenvalue weighted by molar-refractivity contribution is 5.82. The van der Waals surface area contributed by atoms with Gasteiger partial charge in [-0.05, 0) is 60.7 Å². The topological polar surface area (TPSA) is 34.0 Å². The van der Waals surface area contributed by atoms with E-state index in [0.717, 1.165) is 29.7 Å². The van der Waals surface area contributed by atoms with Crippen LogP contribution in [-0.2, 0) is 6.42 Å². The van der Waals surface area contributed by atoms with Crippen molar-refractivity contribution in [3.8, 4) is 5.75 Å². The Labute approximate surface area is 138 Å². The fourth-order valence-electron chi connectivity index (χ4n) is 2.08. The van der Waals surface area contributed by atoms with E-state index in [2.05, 4.69) is 46.6 Å². The molecule has 2 aromatic rings. The van der Waals surface area contributed by atoms with Crippen LogP contribution in [0.15, 0.2) is 70.9 Å². The molecule has 0 aromatic heterocycles. The second kappa shape index (κ2) is 9.36. The summed E-state index contributed by atoms with van der Waals surface area (Å²) in [6.45, 7) is 2.05. The average molecular weight is 306 g/mol. The van der Waals surface area contributed by atoms with Gasteiger partial charge in [-0.25, -0.2) is 0 Å². The van der Waals surface area contributed by atoms with Crippen LogP contribution in [-0.4, -0.2) is 19.5 Å². The summed E-state index contributed by atoms with van der Waals surface area (Å²) in [4.78, 5) is 0. The van der Waals surface area contributed by atoms with Crippen LogP contribution < -0.4 is 4.74 Å². The number of hydrogen-bond acceptors (Lipinski definition) is 3. The third-order valence-corrected chi connectivity index (χ3v) is 3.41. The van der Waals surface area contributed by atoms with Gasteiger partial charge in [-0.2, -0.15) is 10.2 Å². The maximum absolute atomic E-state index is 5.12. The molecule has 3 heteroatoms. The Morgan fingerprint density at radius 1 is 0.870 bits per heavy atom. The molecule has 3 nitrogen and oxygen atoms in total. The van der Waals surface area contributed by atoms with Gasteiger partial charge in [0.25, 0.3) is 0 Å². The predicted octanol–water partition coefficient (Wildman–Crippen LogP) is 4.66. The minimum absolute atomic E-state index is 0.833. The first-order valence-electron chi connectivity index (χ1n) is 7.72. The number of aryl methyl sites for hydroxylation is 1. The van der Waals surface area contributed by atoms with Crippen molar-refractivity contribution in [2.24, 2.45) is 10.2 Å². The lowest BCUT2D eigenvalue weighted by Gasteiger charge is -1.99. The van der Waals surface area contributed by atoms with Gasteiger partial charge in [-0.15, -0.1) is 0 Å². The molecule has 0 aliphatic rings. The lowest BCUT2D eigenvalue weighted by atomic mass is 10.1. The Bertz CT molecular complexity index is 668. The van der Waals surface area contributed by atoms with Crippen LogP contribution >= 0.6 is 0 Å². The van der Waals surface area contributed by atoms with Crippen molar-refractivity contribution in [2.75, 3.05) is 7.11 Å². The summed E-state index contributed by atoms with van der Waals surface area (Å²) in [5.74, 6) is 0.833. The molecule has 0 saturated heterocycles. The fraction of sp³-hybridized carbons (Fsp3) is 0.200. The van der Waals surface area contributed by atoms with Gasteiger partial charge >= 0.3 is 0 Å². The molecule has 0 aliphatic heterocycles. The van der Waals surface area contributed by atoms with E-state index in [1.807, 2.05) is 31.2 Å². The number of allylic oxidation sites excluding steroid dienone is 2. The van der Waals surface area contributed by atoms with Crippen molar-refractivity contribution in [3.05, 3.63) is 77.4 Å². The number of ether oxygens (including phenoxy) is 1. The van der Waals surface area contributed by atoms with E-state index in [-0.39, 0.29) is 0 Å². The molecule has 0 atom stereocenters. The Morgan fingerprint density at radius 2 is 1.43 bits per heavy atom. The quantitative estimate of drug-likeness (QED) is 0.416. The molecule has 0 radical (unpaired) electrons. The first kappa shape index (κ1) is 16.7. The Hall–Kier alpha value is -2.68. The van der Waals surface area contributed by atoms with Gasteiger partial charge in [0.1, 0.15) is 5.75 Å². The molecule has 0 heterocycles. The van der Waals surface area contributed by atoms with Crippen LogP contribution in [0.3, 0.4) is 0 Å². The van der Waals surface area contributed by atoms with Gasteiger partial charge in [-0.3, -0.25) is 0 Å². The van der Waals surface area contributed by atoms with Gasteiger partial charge in [0.05, 0.1) is 19.5 Å². The Morgan fingerprint density at radius 3 is 1.96 bits per heavy atom. The van der Waals surface area contributed by atoms with Gasteiger partial charge < -0.3 is 4.74 Å². The zero-order valence-corrected chi connectivity index (χ0v) is 13.6. The minimum atomic E-state index is 0.833. The molecule has 0 unspecified atom stereocenters. The molecular weight excluding hydrogens is 284 g/mol. The summed E-state index contributed by atoms with van der Waals surface area (Å²) >= 11 is 0. The van der Waals surface area contributed by atoms with Crippen molar-refractivity contribution in [1.82, 2.24) is 0 Å². The van der Waals surface area contributed by atoms with Crippen LogP contribution in [0.2, 0.25) is 0 Å². The van der Waals surface area contributed by atoms with E-state index in [1.165, 1.54) is 5.56 Å². The molecule has 0 spiro atoms. The van der Waals surface area contributed by atoms with E-state index in [0.29, 0.717) is 0 Å². The van der Waals surface area contributed by atoms with Crippen LogP contribution in [0.5, 0.6) is 5.75 Å². The molecule has 0 fully saturated rings. The van der Waals surface area contributed by atoms with E-state index in [4.69, 9.17) is 4.74 Å². The summed E-state index contributed by atoms with van der Waals surface area (Å²) < 4.78 is 5.12. The molecule has 2 aromatic carbocycles. The fourth-order valence-corrected chi connectivity index (χ4v) is 2.08. The van der Waals surface area contributed by atoms with Crippen molar-refractivity contribution in [3.63, 3.8) is 0 Å². The smallest absolute Gasteiger partial charge is 0.118 e. The highest BCUT2D eigenvalue weighted by Gasteiger charge is 1.92.